The van der Waals surface area contributed by atoms with Gasteiger partial charge < -0.3 is 14.7 Å². The molecule has 32 heavy (non-hydrogen) atoms. The third-order valence-electron chi connectivity index (χ3n) is 5.69. The monoisotopic (exact) mass is 429 g/mol. The number of phenolic OH excluding ortho intramolecular Hbond substituents is 1. The summed E-state index contributed by atoms with van der Waals surface area (Å²) in [5.74, 6) is 1.66. The lowest BCUT2D eigenvalue weighted by atomic mass is 9.87. The Morgan fingerprint density at radius 1 is 0.812 bits per heavy atom. The molecule has 3 rings (SSSR count). The minimum Gasteiger partial charge on any atom is -0.508 e. The van der Waals surface area contributed by atoms with Crippen molar-refractivity contribution in [3.63, 3.8) is 0 Å². The van der Waals surface area contributed by atoms with Crippen molar-refractivity contribution in [3.8, 4) is 11.5 Å². The maximum absolute atomic E-state index is 9.83. The molecule has 0 heterocycles. The molecule has 0 radical (unpaired) electrons. The van der Waals surface area contributed by atoms with E-state index in [-0.39, 0.29) is 5.75 Å². The molecule has 0 aliphatic carbocycles. The molecule has 1 N–H and O–H groups in total. The zero-order chi connectivity index (χ0) is 23.1. The van der Waals surface area contributed by atoms with E-state index < -0.39 is 0 Å². The topological polar surface area (TPSA) is 32.7 Å². The van der Waals surface area contributed by atoms with Crippen molar-refractivity contribution in [1.82, 2.24) is 4.90 Å². The van der Waals surface area contributed by atoms with Crippen LogP contribution in [0.5, 0.6) is 11.5 Å². The summed E-state index contributed by atoms with van der Waals surface area (Å²) >= 11 is 0. The van der Waals surface area contributed by atoms with Crippen LogP contribution in [-0.2, 0) is 0 Å². The van der Waals surface area contributed by atoms with Gasteiger partial charge in [-0.3, -0.25) is 0 Å². The Morgan fingerprint density at radius 3 is 1.84 bits per heavy atom. The van der Waals surface area contributed by atoms with E-state index in [1.54, 1.807) is 12.1 Å². The van der Waals surface area contributed by atoms with Gasteiger partial charge in [0.05, 0.1) is 0 Å². The van der Waals surface area contributed by atoms with E-state index in [2.05, 4.69) is 62.1 Å². The van der Waals surface area contributed by atoms with Gasteiger partial charge in [0, 0.05) is 6.54 Å². The lowest BCUT2D eigenvalue weighted by molar-refractivity contribution is 0.261. The lowest BCUT2D eigenvalue weighted by Crippen LogP contribution is -2.19. The normalized spacial score (nSPS) is 12.2. The number of allylic oxidation sites excluding steroid dienone is 1. The quantitative estimate of drug-likeness (QED) is 0.379. The molecule has 0 fully saturated rings. The van der Waals surface area contributed by atoms with Crippen molar-refractivity contribution in [2.45, 2.75) is 33.1 Å². The Labute approximate surface area is 193 Å². The molecule has 0 bridgehead atoms. The Bertz CT molecular complexity index is 1010. The highest BCUT2D eigenvalue weighted by Crippen LogP contribution is 2.36. The van der Waals surface area contributed by atoms with Gasteiger partial charge in [-0.15, -0.1) is 0 Å². The summed E-state index contributed by atoms with van der Waals surface area (Å²) in [6, 6.07) is 24.7. The Balaban J connectivity index is 2.04. The second kappa shape index (κ2) is 11.0. The van der Waals surface area contributed by atoms with E-state index >= 15 is 0 Å². The van der Waals surface area contributed by atoms with E-state index in [1.807, 2.05) is 38.4 Å². The molecule has 0 saturated heterocycles. The van der Waals surface area contributed by atoms with E-state index in [9.17, 15) is 5.11 Å². The minimum absolute atomic E-state index is 0.275. The molecule has 0 aliphatic rings. The predicted octanol–water partition coefficient (Wildman–Crippen LogP) is 6.83. The minimum atomic E-state index is 0.275. The second-order valence-electron chi connectivity index (χ2n) is 8.71. The van der Waals surface area contributed by atoms with Crippen molar-refractivity contribution in [2.75, 3.05) is 27.2 Å². The van der Waals surface area contributed by atoms with Gasteiger partial charge in [-0.2, -0.15) is 0 Å². The summed E-state index contributed by atoms with van der Waals surface area (Å²) in [7, 11) is 4.09. The number of aromatic hydroxyl groups is 1. The summed E-state index contributed by atoms with van der Waals surface area (Å²) in [6.45, 7) is 8.18. The maximum atomic E-state index is 9.83. The van der Waals surface area contributed by atoms with Crippen LogP contribution in [0.4, 0.5) is 0 Å². The van der Waals surface area contributed by atoms with Crippen LogP contribution < -0.4 is 4.74 Å². The standard InChI is InChI=1S/C29H35NO2/c1-6-28(23-9-7-22(8-10-23)21(2)3)29(24-11-15-26(31)16-12-24)25-13-17-27(18-14-25)32-20-19-30(4)5/h7-18,21,31H,6,19-20H2,1-5H3/b29-28-. The van der Waals surface area contributed by atoms with Gasteiger partial charge in [0.2, 0.25) is 0 Å². The number of ether oxygens (including phenoxy) is 1. The molecule has 0 aromatic heterocycles. The molecular formula is C29H35NO2. The highest BCUT2D eigenvalue weighted by Gasteiger charge is 2.14. The number of hydrogen-bond acceptors (Lipinski definition) is 3. The zero-order valence-corrected chi connectivity index (χ0v) is 19.9. The largest absolute Gasteiger partial charge is 0.508 e. The number of rotatable bonds is 9. The SMILES string of the molecule is CC/C(=C(\c1ccc(O)cc1)c1ccc(OCCN(C)C)cc1)c1ccc(C(C)C)cc1. The number of likely N-dealkylation sites (N-methyl/N-ethyl adjacent to an activating group) is 1. The van der Waals surface area contributed by atoms with Crippen LogP contribution >= 0.6 is 0 Å². The first-order valence-corrected chi connectivity index (χ1v) is 11.4. The van der Waals surface area contributed by atoms with Crippen LogP contribution in [0.3, 0.4) is 0 Å². The van der Waals surface area contributed by atoms with Gasteiger partial charge in [-0.25, -0.2) is 0 Å². The van der Waals surface area contributed by atoms with E-state index in [1.165, 1.54) is 22.3 Å². The van der Waals surface area contributed by atoms with Gasteiger partial charge in [-0.05, 0) is 84.1 Å². The van der Waals surface area contributed by atoms with Crippen LogP contribution in [0.25, 0.3) is 11.1 Å². The highest BCUT2D eigenvalue weighted by molar-refractivity contribution is 5.98. The molecule has 0 aliphatic heterocycles. The number of hydrogen-bond donors (Lipinski definition) is 1. The van der Waals surface area contributed by atoms with E-state index in [0.29, 0.717) is 12.5 Å². The lowest BCUT2D eigenvalue weighted by Gasteiger charge is -2.18. The molecule has 3 aromatic carbocycles. The van der Waals surface area contributed by atoms with Crippen LogP contribution in [0.2, 0.25) is 0 Å². The van der Waals surface area contributed by atoms with Gasteiger partial charge in [-0.1, -0.05) is 69.3 Å². The van der Waals surface area contributed by atoms with Crippen LogP contribution in [-0.4, -0.2) is 37.3 Å². The fourth-order valence-electron chi connectivity index (χ4n) is 3.80. The molecule has 3 heteroatoms. The molecule has 0 spiro atoms. The van der Waals surface area contributed by atoms with Gasteiger partial charge in [0.25, 0.3) is 0 Å². The van der Waals surface area contributed by atoms with Crippen molar-refractivity contribution in [2.24, 2.45) is 0 Å². The molecule has 0 unspecified atom stereocenters. The van der Waals surface area contributed by atoms with Crippen LogP contribution in [0.15, 0.2) is 72.8 Å². The smallest absolute Gasteiger partial charge is 0.119 e. The summed E-state index contributed by atoms with van der Waals surface area (Å²) in [4.78, 5) is 2.11. The van der Waals surface area contributed by atoms with Gasteiger partial charge >= 0.3 is 0 Å². The third kappa shape index (κ3) is 6.02. The summed E-state index contributed by atoms with van der Waals surface area (Å²) < 4.78 is 5.89. The Morgan fingerprint density at radius 2 is 1.34 bits per heavy atom. The van der Waals surface area contributed by atoms with E-state index in [0.717, 1.165) is 29.8 Å². The zero-order valence-electron chi connectivity index (χ0n) is 19.9. The van der Waals surface area contributed by atoms with Crippen molar-refractivity contribution >= 4 is 11.1 Å². The number of nitrogens with zero attached hydrogens (tertiary/aromatic N) is 1. The first-order chi connectivity index (χ1) is 15.4. The van der Waals surface area contributed by atoms with Crippen molar-refractivity contribution in [3.05, 3.63) is 95.1 Å². The summed E-state index contributed by atoms with van der Waals surface area (Å²) in [6.07, 6.45) is 0.901. The summed E-state index contributed by atoms with van der Waals surface area (Å²) in [5, 5.41) is 9.83. The van der Waals surface area contributed by atoms with Gasteiger partial charge in [0.15, 0.2) is 0 Å². The second-order valence-corrected chi connectivity index (χ2v) is 8.71. The number of benzene rings is 3. The van der Waals surface area contributed by atoms with Crippen molar-refractivity contribution < 1.29 is 9.84 Å². The highest BCUT2D eigenvalue weighted by atomic mass is 16.5. The number of phenols is 1. The summed E-state index contributed by atoms with van der Waals surface area (Å²) in [5.41, 5.74) is 7.27. The predicted molar refractivity (Wildman–Crippen MR) is 135 cm³/mol. The fraction of sp³-hybridized carbons (Fsp3) is 0.310. The first kappa shape index (κ1) is 23.6. The fourth-order valence-corrected chi connectivity index (χ4v) is 3.80. The molecular weight excluding hydrogens is 394 g/mol. The van der Waals surface area contributed by atoms with Gasteiger partial charge in [0.1, 0.15) is 18.1 Å². The van der Waals surface area contributed by atoms with Crippen LogP contribution in [0.1, 0.15) is 55.4 Å². The maximum Gasteiger partial charge on any atom is 0.119 e. The first-order valence-electron chi connectivity index (χ1n) is 11.4. The molecule has 3 aromatic rings. The molecule has 168 valence electrons. The van der Waals surface area contributed by atoms with Crippen molar-refractivity contribution in [1.29, 1.82) is 0 Å². The average Bonchev–Trinajstić information content (AvgIpc) is 2.79. The Kier molecular flexibility index (Phi) is 8.13. The average molecular weight is 430 g/mol. The molecule has 0 saturated carbocycles. The van der Waals surface area contributed by atoms with E-state index in [4.69, 9.17) is 4.74 Å². The molecule has 3 nitrogen and oxygen atoms in total. The third-order valence-corrected chi connectivity index (χ3v) is 5.69. The Hall–Kier alpha value is -3.04. The molecule has 0 amide bonds. The molecule has 0 atom stereocenters. The van der Waals surface area contributed by atoms with Crippen LogP contribution in [0, 0.1) is 0 Å².